The molecule has 0 bridgehead atoms. The fraction of sp³-hybridized carbons (Fsp3) is 0.111. The standard InChI is InChI=1S/C9H7ClN2S/c1-6-4-11-5-7(12-6)8-2-3-9(10)13-8/h2-5H,1H3. The second-order valence-electron chi connectivity index (χ2n) is 2.65. The van der Waals surface area contributed by atoms with Gasteiger partial charge in [0, 0.05) is 6.20 Å². The molecular weight excluding hydrogens is 204 g/mol. The molecule has 0 spiro atoms. The molecule has 0 aliphatic heterocycles. The molecule has 13 heavy (non-hydrogen) atoms. The quantitative estimate of drug-likeness (QED) is 0.723. The Morgan fingerprint density at radius 2 is 2.15 bits per heavy atom. The van der Waals surface area contributed by atoms with E-state index in [1.54, 1.807) is 12.4 Å². The average Bonchev–Trinajstić information content (AvgIpc) is 2.52. The minimum absolute atomic E-state index is 0.776. The van der Waals surface area contributed by atoms with Gasteiger partial charge in [0.2, 0.25) is 0 Å². The topological polar surface area (TPSA) is 25.8 Å². The molecule has 0 unspecified atom stereocenters. The lowest BCUT2D eigenvalue weighted by atomic mass is 10.3. The number of thiophene rings is 1. The molecule has 0 saturated heterocycles. The van der Waals surface area contributed by atoms with Gasteiger partial charge in [0.05, 0.1) is 26.8 Å². The molecule has 0 amide bonds. The monoisotopic (exact) mass is 210 g/mol. The van der Waals surface area contributed by atoms with Gasteiger partial charge in [0.15, 0.2) is 0 Å². The van der Waals surface area contributed by atoms with Crippen LogP contribution in [0.3, 0.4) is 0 Å². The predicted molar refractivity (Wildman–Crippen MR) is 55.1 cm³/mol. The smallest absolute Gasteiger partial charge is 0.0988 e. The van der Waals surface area contributed by atoms with Crippen molar-refractivity contribution in [3.63, 3.8) is 0 Å². The van der Waals surface area contributed by atoms with Crippen molar-refractivity contribution >= 4 is 22.9 Å². The first-order valence-corrected chi connectivity index (χ1v) is 4.99. The normalized spacial score (nSPS) is 10.3. The van der Waals surface area contributed by atoms with Crippen LogP contribution in [0.5, 0.6) is 0 Å². The van der Waals surface area contributed by atoms with Crippen molar-refractivity contribution in [2.45, 2.75) is 6.92 Å². The third-order valence-corrected chi connectivity index (χ3v) is 2.83. The highest BCUT2D eigenvalue weighted by Gasteiger charge is 2.02. The highest BCUT2D eigenvalue weighted by atomic mass is 35.5. The van der Waals surface area contributed by atoms with Crippen molar-refractivity contribution in [1.29, 1.82) is 0 Å². The number of halogens is 1. The highest BCUT2D eigenvalue weighted by Crippen LogP contribution is 2.29. The van der Waals surface area contributed by atoms with Crippen LogP contribution >= 0.6 is 22.9 Å². The van der Waals surface area contributed by atoms with Gasteiger partial charge in [-0.15, -0.1) is 11.3 Å². The summed E-state index contributed by atoms with van der Waals surface area (Å²) < 4.78 is 0.776. The van der Waals surface area contributed by atoms with Crippen LogP contribution in [-0.4, -0.2) is 9.97 Å². The summed E-state index contributed by atoms with van der Waals surface area (Å²) in [5.74, 6) is 0. The maximum Gasteiger partial charge on any atom is 0.0988 e. The maximum absolute atomic E-state index is 5.82. The molecule has 2 heterocycles. The Hall–Kier alpha value is -0.930. The van der Waals surface area contributed by atoms with Crippen LogP contribution in [0.15, 0.2) is 24.5 Å². The Morgan fingerprint density at radius 3 is 2.77 bits per heavy atom. The Bertz CT molecular complexity index is 425. The van der Waals surface area contributed by atoms with Crippen molar-refractivity contribution < 1.29 is 0 Å². The van der Waals surface area contributed by atoms with E-state index in [-0.39, 0.29) is 0 Å². The van der Waals surface area contributed by atoms with Crippen LogP contribution in [0.2, 0.25) is 4.34 Å². The molecule has 0 aliphatic rings. The van der Waals surface area contributed by atoms with Crippen LogP contribution in [0.25, 0.3) is 10.6 Å². The number of hydrogen-bond donors (Lipinski definition) is 0. The molecule has 2 nitrogen and oxygen atoms in total. The molecule has 0 radical (unpaired) electrons. The van der Waals surface area contributed by atoms with Crippen LogP contribution in [0, 0.1) is 6.92 Å². The molecule has 0 aromatic carbocycles. The van der Waals surface area contributed by atoms with Gasteiger partial charge in [-0.25, -0.2) is 4.98 Å². The van der Waals surface area contributed by atoms with E-state index in [2.05, 4.69) is 9.97 Å². The SMILES string of the molecule is Cc1cncc(-c2ccc(Cl)s2)n1. The molecule has 0 N–H and O–H groups in total. The summed E-state index contributed by atoms with van der Waals surface area (Å²) in [5, 5.41) is 0. The molecule has 0 aliphatic carbocycles. The summed E-state index contributed by atoms with van der Waals surface area (Å²) in [6.45, 7) is 1.92. The van der Waals surface area contributed by atoms with Gasteiger partial charge >= 0.3 is 0 Å². The van der Waals surface area contributed by atoms with Crippen molar-refractivity contribution in [3.8, 4) is 10.6 Å². The summed E-state index contributed by atoms with van der Waals surface area (Å²) in [6.07, 6.45) is 3.48. The van der Waals surface area contributed by atoms with Gasteiger partial charge < -0.3 is 0 Å². The Labute approximate surface area is 85.2 Å². The number of nitrogens with zero attached hydrogens (tertiary/aromatic N) is 2. The first-order chi connectivity index (χ1) is 6.25. The zero-order valence-electron chi connectivity index (χ0n) is 6.99. The Balaban J connectivity index is 2.46. The average molecular weight is 211 g/mol. The van der Waals surface area contributed by atoms with Crippen molar-refractivity contribution in [1.82, 2.24) is 9.97 Å². The van der Waals surface area contributed by atoms with Crippen molar-refractivity contribution in [2.24, 2.45) is 0 Å². The molecular formula is C9H7ClN2S. The zero-order chi connectivity index (χ0) is 9.26. The van der Waals surface area contributed by atoms with Crippen LogP contribution in [0.4, 0.5) is 0 Å². The second kappa shape index (κ2) is 3.44. The minimum atomic E-state index is 0.776. The van der Waals surface area contributed by atoms with E-state index in [1.165, 1.54) is 11.3 Å². The fourth-order valence-electron chi connectivity index (χ4n) is 1.03. The number of hydrogen-bond acceptors (Lipinski definition) is 3. The fourth-order valence-corrected chi connectivity index (χ4v) is 2.03. The van der Waals surface area contributed by atoms with E-state index in [9.17, 15) is 0 Å². The summed E-state index contributed by atoms with van der Waals surface area (Å²) >= 11 is 7.33. The molecule has 0 atom stereocenters. The number of aromatic nitrogens is 2. The van der Waals surface area contributed by atoms with Gasteiger partial charge in [0.25, 0.3) is 0 Å². The van der Waals surface area contributed by atoms with Crippen LogP contribution in [0.1, 0.15) is 5.69 Å². The van der Waals surface area contributed by atoms with Crippen molar-refractivity contribution in [3.05, 3.63) is 34.6 Å². The maximum atomic E-state index is 5.82. The molecule has 2 aromatic heterocycles. The van der Waals surface area contributed by atoms with Gasteiger partial charge in [-0.05, 0) is 19.1 Å². The van der Waals surface area contributed by atoms with Gasteiger partial charge in [0.1, 0.15) is 0 Å². The summed E-state index contributed by atoms with van der Waals surface area (Å²) in [7, 11) is 0. The van der Waals surface area contributed by atoms with Crippen molar-refractivity contribution in [2.75, 3.05) is 0 Å². The van der Waals surface area contributed by atoms with E-state index in [4.69, 9.17) is 11.6 Å². The molecule has 2 rings (SSSR count). The van der Waals surface area contributed by atoms with Gasteiger partial charge in [-0.2, -0.15) is 0 Å². The van der Waals surface area contributed by atoms with E-state index in [1.807, 2.05) is 19.1 Å². The predicted octanol–water partition coefficient (Wildman–Crippen LogP) is 3.17. The summed E-state index contributed by atoms with van der Waals surface area (Å²) in [4.78, 5) is 9.47. The molecule has 66 valence electrons. The van der Waals surface area contributed by atoms with E-state index in [0.717, 1.165) is 20.6 Å². The zero-order valence-corrected chi connectivity index (χ0v) is 8.56. The molecule has 0 fully saturated rings. The van der Waals surface area contributed by atoms with Crippen LogP contribution < -0.4 is 0 Å². The minimum Gasteiger partial charge on any atom is -0.261 e. The van der Waals surface area contributed by atoms with Crippen LogP contribution in [-0.2, 0) is 0 Å². The van der Waals surface area contributed by atoms with E-state index >= 15 is 0 Å². The van der Waals surface area contributed by atoms with Gasteiger partial charge in [-0.3, -0.25) is 4.98 Å². The first-order valence-electron chi connectivity index (χ1n) is 3.80. The summed E-state index contributed by atoms with van der Waals surface area (Å²) in [6, 6.07) is 3.82. The molecule has 4 heteroatoms. The second-order valence-corrected chi connectivity index (χ2v) is 4.36. The molecule has 0 saturated carbocycles. The third kappa shape index (κ3) is 1.87. The summed E-state index contributed by atoms with van der Waals surface area (Å²) in [5.41, 5.74) is 1.80. The first kappa shape index (κ1) is 8.66. The van der Waals surface area contributed by atoms with E-state index < -0.39 is 0 Å². The lowest BCUT2D eigenvalue weighted by Gasteiger charge is -1.95. The number of aryl methyl sites for hydroxylation is 1. The van der Waals surface area contributed by atoms with Gasteiger partial charge in [-0.1, -0.05) is 11.6 Å². The third-order valence-electron chi connectivity index (χ3n) is 1.58. The molecule has 2 aromatic rings. The lowest BCUT2D eigenvalue weighted by Crippen LogP contribution is -1.85. The highest BCUT2D eigenvalue weighted by molar-refractivity contribution is 7.19. The van der Waals surface area contributed by atoms with E-state index in [0.29, 0.717) is 0 Å². The Morgan fingerprint density at radius 1 is 1.31 bits per heavy atom. The largest absolute Gasteiger partial charge is 0.261 e. The lowest BCUT2D eigenvalue weighted by molar-refractivity contribution is 1.13. The Kier molecular flexibility index (Phi) is 2.29. The number of rotatable bonds is 1.